The van der Waals surface area contributed by atoms with Gasteiger partial charge in [-0.15, -0.1) is 0 Å². The highest BCUT2D eigenvalue weighted by Crippen LogP contribution is 2.43. The molecule has 0 bridgehead atoms. The molecule has 0 radical (unpaired) electrons. The van der Waals surface area contributed by atoms with Crippen LogP contribution >= 0.6 is 47.8 Å². The van der Waals surface area contributed by atoms with Crippen LogP contribution in [0.25, 0.3) is 10.9 Å². The second kappa shape index (κ2) is 12.6. The molecule has 1 atom stereocenters. The van der Waals surface area contributed by atoms with Crippen LogP contribution in [-0.2, 0) is 6.61 Å². The average molecular weight is 706 g/mol. The summed E-state index contributed by atoms with van der Waals surface area (Å²) in [5.74, 6) is 1.82. The van der Waals surface area contributed by atoms with Gasteiger partial charge in [-0.3, -0.25) is 4.79 Å². The molecule has 4 aromatic rings. The zero-order valence-corrected chi connectivity index (χ0v) is 26.4. The number of halogens is 3. The second-order valence-electron chi connectivity index (χ2n) is 8.93. The summed E-state index contributed by atoms with van der Waals surface area (Å²) in [4.78, 5) is 18.3. The third kappa shape index (κ3) is 6.21. The predicted octanol–water partition coefficient (Wildman–Crippen LogP) is 8.37. The third-order valence-electron chi connectivity index (χ3n) is 6.12. The molecule has 0 unspecified atom stereocenters. The van der Waals surface area contributed by atoms with E-state index in [1.165, 1.54) is 10.2 Å². The molecule has 198 valence electrons. The van der Waals surface area contributed by atoms with E-state index < -0.39 is 0 Å². The molecule has 4 rings (SSSR count). The van der Waals surface area contributed by atoms with Crippen molar-refractivity contribution in [2.75, 3.05) is 6.61 Å². The highest BCUT2D eigenvalue weighted by atomic mass is 79.9. The number of aryl methyl sites for hydroxylation is 1. The number of hydrogen-bond acceptors (Lipinski definition) is 5. The van der Waals surface area contributed by atoms with E-state index in [1.54, 1.807) is 12.3 Å². The van der Waals surface area contributed by atoms with E-state index in [2.05, 4.69) is 78.9 Å². The van der Waals surface area contributed by atoms with E-state index in [-0.39, 0.29) is 11.5 Å². The Balaban J connectivity index is 1.77. The van der Waals surface area contributed by atoms with Crippen LogP contribution in [0.4, 0.5) is 0 Å². The Hall–Kier alpha value is -2.49. The van der Waals surface area contributed by atoms with Gasteiger partial charge in [0.15, 0.2) is 11.5 Å². The molecule has 0 fully saturated rings. The molecule has 0 N–H and O–H groups in total. The van der Waals surface area contributed by atoms with Gasteiger partial charge >= 0.3 is 0 Å². The highest BCUT2D eigenvalue weighted by molar-refractivity contribution is 9.13. The van der Waals surface area contributed by atoms with Gasteiger partial charge in [0.2, 0.25) is 0 Å². The van der Waals surface area contributed by atoms with Crippen LogP contribution in [0.3, 0.4) is 0 Å². The van der Waals surface area contributed by atoms with Gasteiger partial charge in [-0.05, 0) is 82.0 Å². The largest absolute Gasteiger partial charge is 0.490 e. The van der Waals surface area contributed by atoms with E-state index in [9.17, 15) is 4.79 Å². The molecule has 9 heteroatoms. The molecular weight excluding hydrogens is 678 g/mol. The van der Waals surface area contributed by atoms with Crippen LogP contribution in [0.1, 0.15) is 55.6 Å². The first-order chi connectivity index (χ1) is 18.2. The van der Waals surface area contributed by atoms with E-state index in [4.69, 9.17) is 14.5 Å². The molecule has 1 aromatic heterocycles. The van der Waals surface area contributed by atoms with Gasteiger partial charge in [0, 0.05) is 20.4 Å². The lowest BCUT2D eigenvalue weighted by Gasteiger charge is -2.17. The Bertz CT molecular complexity index is 1570. The number of nitrogens with zero attached hydrogens (tertiary/aromatic N) is 3. The first-order valence-electron chi connectivity index (χ1n) is 12.3. The molecule has 0 amide bonds. The maximum atomic E-state index is 13.5. The van der Waals surface area contributed by atoms with Gasteiger partial charge in [-0.2, -0.15) is 9.78 Å². The summed E-state index contributed by atoms with van der Waals surface area (Å²) in [5.41, 5.74) is 3.39. The van der Waals surface area contributed by atoms with Crippen molar-refractivity contribution in [3.8, 4) is 11.5 Å². The smallest absolute Gasteiger partial charge is 0.282 e. The molecule has 6 nitrogen and oxygen atoms in total. The summed E-state index contributed by atoms with van der Waals surface area (Å²) < 4.78 is 15.8. The van der Waals surface area contributed by atoms with Gasteiger partial charge < -0.3 is 9.47 Å². The van der Waals surface area contributed by atoms with Gasteiger partial charge in [0.1, 0.15) is 12.4 Å². The van der Waals surface area contributed by atoms with E-state index in [0.717, 1.165) is 26.5 Å². The number of ether oxygens (including phenoxy) is 2. The molecule has 3 aromatic carbocycles. The van der Waals surface area contributed by atoms with Crippen LogP contribution < -0.4 is 15.0 Å². The SMILES string of the molecule is CCOc1cc(C=Nn2c([C@H](C)CC)nc3ccc(Br)cc3c2=O)c(Br)c(Br)c1OCc1cccc(C)c1. The first kappa shape index (κ1) is 28.5. The van der Waals surface area contributed by atoms with Crippen LogP contribution in [0.2, 0.25) is 0 Å². The topological polar surface area (TPSA) is 65.7 Å². The second-order valence-corrected chi connectivity index (χ2v) is 11.4. The molecule has 0 saturated carbocycles. The van der Waals surface area contributed by atoms with Crippen molar-refractivity contribution in [3.63, 3.8) is 0 Å². The Labute approximate surface area is 247 Å². The minimum atomic E-state index is -0.221. The van der Waals surface area contributed by atoms with E-state index in [1.807, 2.05) is 44.2 Å². The summed E-state index contributed by atoms with van der Waals surface area (Å²) >= 11 is 10.8. The lowest BCUT2D eigenvalue weighted by atomic mass is 10.1. The number of fused-ring (bicyclic) bond motifs is 1. The van der Waals surface area contributed by atoms with Crippen molar-refractivity contribution in [1.82, 2.24) is 9.66 Å². The van der Waals surface area contributed by atoms with Crippen molar-refractivity contribution in [2.45, 2.75) is 46.6 Å². The van der Waals surface area contributed by atoms with Crippen LogP contribution in [0, 0.1) is 6.92 Å². The fourth-order valence-electron chi connectivity index (χ4n) is 3.95. The summed E-state index contributed by atoms with van der Waals surface area (Å²) in [6.45, 7) is 8.94. The molecule has 0 spiro atoms. The standard InChI is InChI=1S/C29H28Br3N3O3/c1-5-18(4)28-34-23-11-10-21(30)14-22(23)29(36)35(28)33-15-20-13-24(37-6-2)27(26(32)25(20)31)38-16-19-9-7-8-17(3)12-19/h7-15,18H,5-6,16H2,1-4H3/t18-/m1/s1. The van der Waals surface area contributed by atoms with E-state index in [0.29, 0.717) is 45.9 Å². The molecule has 0 aliphatic rings. The molecular formula is C29H28Br3N3O3. The molecule has 0 aliphatic heterocycles. The normalized spacial score (nSPS) is 12.3. The fourth-order valence-corrected chi connectivity index (χ4v) is 5.25. The fraction of sp³-hybridized carbons (Fsp3) is 0.276. The molecule has 0 saturated heterocycles. The van der Waals surface area contributed by atoms with Crippen LogP contribution in [0.15, 0.2) is 71.8 Å². The minimum Gasteiger partial charge on any atom is -0.490 e. The average Bonchev–Trinajstić information content (AvgIpc) is 2.90. The van der Waals surface area contributed by atoms with Gasteiger partial charge in [-0.25, -0.2) is 4.98 Å². The zero-order chi connectivity index (χ0) is 27.4. The van der Waals surface area contributed by atoms with Gasteiger partial charge in [0.25, 0.3) is 5.56 Å². The maximum absolute atomic E-state index is 13.5. The minimum absolute atomic E-state index is 0.0412. The zero-order valence-electron chi connectivity index (χ0n) is 21.6. The van der Waals surface area contributed by atoms with Crippen molar-refractivity contribution in [3.05, 3.63) is 94.8 Å². The van der Waals surface area contributed by atoms with Crippen LogP contribution in [0.5, 0.6) is 11.5 Å². The Morgan fingerprint density at radius 3 is 2.55 bits per heavy atom. The number of benzene rings is 3. The van der Waals surface area contributed by atoms with Crippen molar-refractivity contribution < 1.29 is 9.47 Å². The van der Waals surface area contributed by atoms with Gasteiger partial charge in [-0.1, -0.05) is 59.6 Å². The monoisotopic (exact) mass is 703 g/mol. The summed E-state index contributed by atoms with van der Waals surface area (Å²) in [5, 5.41) is 5.11. The summed E-state index contributed by atoms with van der Waals surface area (Å²) in [6.07, 6.45) is 2.46. The summed E-state index contributed by atoms with van der Waals surface area (Å²) in [6, 6.07) is 15.5. The first-order valence-corrected chi connectivity index (χ1v) is 14.7. The van der Waals surface area contributed by atoms with Crippen molar-refractivity contribution >= 4 is 64.9 Å². The number of hydrogen-bond donors (Lipinski definition) is 0. The van der Waals surface area contributed by atoms with E-state index >= 15 is 0 Å². The lowest BCUT2D eigenvalue weighted by molar-refractivity contribution is 0.267. The van der Waals surface area contributed by atoms with Crippen molar-refractivity contribution in [2.24, 2.45) is 5.10 Å². The summed E-state index contributed by atoms with van der Waals surface area (Å²) in [7, 11) is 0. The van der Waals surface area contributed by atoms with Gasteiger partial charge in [0.05, 0.1) is 28.2 Å². The Kier molecular flexibility index (Phi) is 9.44. The number of rotatable bonds is 9. The Morgan fingerprint density at radius 2 is 1.84 bits per heavy atom. The molecule has 38 heavy (non-hydrogen) atoms. The predicted molar refractivity (Wildman–Crippen MR) is 164 cm³/mol. The number of aromatic nitrogens is 2. The lowest BCUT2D eigenvalue weighted by Crippen LogP contribution is -2.23. The van der Waals surface area contributed by atoms with Crippen molar-refractivity contribution in [1.29, 1.82) is 0 Å². The third-order valence-corrected chi connectivity index (χ3v) is 8.76. The van der Waals surface area contributed by atoms with Crippen LogP contribution in [-0.4, -0.2) is 22.5 Å². The maximum Gasteiger partial charge on any atom is 0.282 e. The quantitative estimate of drug-likeness (QED) is 0.164. The molecule has 1 heterocycles. The highest BCUT2D eigenvalue weighted by Gasteiger charge is 2.19. The Morgan fingerprint density at radius 1 is 1.05 bits per heavy atom. The molecule has 0 aliphatic carbocycles.